The molecule has 0 fully saturated rings. The smallest absolute Gasteiger partial charge is 0.227 e. The Morgan fingerprint density at radius 3 is 2.50 bits per heavy atom. The second-order valence-corrected chi connectivity index (χ2v) is 3.96. The lowest BCUT2D eigenvalue weighted by Crippen LogP contribution is -2.38. The van der Waals surface area contributed by atoms with Crippen molar-refractivity contribution in [2.24, 2.45) is 0 Å². The predicted octanol–water partition coefficient (Wildman–Crippen LogP) is 1.68. The Kier molecular flexibility index (Phi) is 4.99. The first-order chi connectivity index (χ1) is 7.69. The molecule has 0 heterocycles. The lowest BCUT2D eigenvalue weighted by Gasteiger charge is -2.18. The minimum atomic E-state index is -0.190. The van der Waals surface area contributed by atoms with Crippen molar-refractivity contribution >= 4 is 5.91 Å². The molecule has 0 saturated heterocycles. The molecule has 3 heteroatoms. The Morgan fingerprint density at radius 1 is 1.38 bits per heavy atom. The molecule has 0 aromatic heterocycles. The molecule has 0 radical (unpaired) electrons. The van der Waals surface area contributed by atoms with Gasteiger partial charge in [0, 0.05) is 6.04 Å². The van der Waals surface area contributed by atoms with E-state index in [1.807, 2.05) is 37.3 Å². The zero-order valence-electron chi connectivity index (χ0n) is 9.81. The highest BCUT2D eigenvalue weighted by Crippen LogP contribution is 2.19. The molecular formula is C13H19NO2. The molecule has 2 unspecified atom stereocenters. The molecule has 0 aliphatic rings. The van der Waals surface area contributed by atoms with Gasteiger partial charge in [-0.2, -0.15) is 0 Å². The normalized spacial score (nSPS) is 14.2. The van der Waals surface area contributed by atoms with Crippen LogP contribution in [0.25, 0.3) is 0 Å². The van der Waals surface area contributed by atoms with Crippen LogP contribution in [0, 0.1) is 0 Å². The first kappa shape index (κ1) is 12.7. The van der Waals surface area contributed by atoms with Crippen LogP contribution in [0.15, 0.2) is 30.3 Å². The van der Waals surface area contributed by atoms with Crippen LogP contribution in [-0.4, -0.2) is 23.7 Å². The molecule has 3 nitrogen and oxygen atoms in total. The molecule has 0 spiro atoms. The quantitative estimate of drug-likeness (QED) is 0.794. The van der Waals surface area contributed by atoms with Gasteiger partial charge in [0.05, 0.1) is 12.5 Å². The lowest BCUT2D eigenvalue weighted by atomic mass is 9.95. The number of amides is 1. The van der Waals surface area contributed by atoms with Crippen molar-refractivity contribution in [3.8, 4) is 0 Å². The van der Waals surface area contributed by atoms with Crippen LogP contribution in [0.1, 0.15) is 31.7 Å². The van der Waals surface area contributed by atoms with Crippen molar-refractivity contribution in [3.05, 3.63) is 35.9 Å². The SMILES string of the molecule is CCC(C(=O)NC(C)CO)c1ccccc1. The molecule has 0 saturated carbocycles. The molecule has 1 aromatic rings. The van der Waals surface area contributed by atoms with Gasteiger partial charge in [-0.1, -0.05) is 37.3 Å². The Balaban J connectivity index is 2.71. The van der Waals surface area contributed by atoms with Crippen molar-refractivity contribution in [1.29, 1.82) is 0 Å². The number of aliphatic hydroxyl groups excluding tert-OH is 1. The molecule has 1 rings (SSSR count). The first-order valence-electron chi connectivity index (χ1n) is 5.65. The number of carbonyl (C=O) groups excluding carboxylic acids is 1. The van der Waals surface area contributed by atoms with E-state index in [4.69, 9.17) is 5.11 Å². The third kappa shape index (κ3) is 3.35. The third-order valence-electron chi connectivity index (χ3n) is 2.59. The van der Waals surface area contributed by atoms with Crippen molar-refractivity contribution < 1.29 is 9.90 Å². The molecule has 2 N–H and O–H groups in total. The van der Waals surface area contributed by atoms with Crippen LogP contribution in [0.5, 0.6) is 0 Å². The maximum atomic E-state index is 11.9. The molecule has 0 aliphatic heterocycles. The third-order valence-corrected chi connectivity index (χ3v) is 2.59. The van der Waals surface area contributed by atoms with E-state index in [1.54, 1.807) is 6.92 Å². The molecule has 0 aliphatic carbocycles. The highest BCUT2D eigenvalue weighted by Gasteiger charge is 2.19. The number of carbonyl (C=O) groups is 1. The molecular weight excluding hydrogens is 202 g/mol. The second kappa shape index (κ2) is 6.28. The minimum absolute atomic E-state index is 0.0183. The Morgan fingerprint density at radius 2 is 2.00 bits per heavy atom. The van der Waals surface area contributed by atoms with Crippen LogP contribution >= 0.6 is 0 Å². The predicted molar refractivity (Wildman–Crippen MR) is 64.2 cm³/mol. The van der Waals surface area contributed by atoms with Crippen molar-refractivity contribution in [3.63, 3.8) is 0 Å². The van der Waals surface area contributed by atoms with Crippen LogP contribution in [-0.2, 0) is 4.79 Å². The summed E-state index contributed by atoms with van der Waals surface area (Å²) in [5, 5.41) is 11.7. The maximum Gasteiger partial charge on any atom is 0.227 e. The van der Waals surface area contributed by atoms with Gasteiger partial charge in [-0.15, -0.1) is 0 Å². The van der Waals surface area contributed by atoms with Gasteiger partial charge in [-0.3, -0.25) is 4.79 Å². The fourth-order valence-electron chi connectivity index (χ4n) is 1.65. The van der Waals surface area contributed by atoms with Crippen molar-refractivity contribution in [1.82, 2.24) is 5.32 Å². The summed E-state index contributed by atoms with van der Waals surface area (Å²) in [5.74, 6) is -0.148. The Labute approximate surface area is 96.5 Å². The maximum absolute atomic E-state index is 11.9. The molecule has 2 atom stereocenters. The van der Waals surface area contributed by atoms with Crippen molar-refractivity contribution in [2.45, 2.75) is 32.2 Å². The van der Waals surface area contributed by atoms with E-state index in [0.717, 1.165) is 12.0 Å². The molecule has 16 heavy (non-hydrogen) atoms. The number of rotatable bonds is 5. The summed E-state index contributed by atoms with van der Waals surface area (Å²) >= 11 is 0. The number of nitrogens with one attached hydrogen (secondary N) is 1. The molecule has 1 aromatic carbocycles. The highest BCUT2D eigenvalue weighted by atomic mass is 16.3. The van der Waals surface area contributed by atoms with Gasteiger partial charge in [0.15, 0.2) is 0 Å². The standard InChI is InChI=1S/C13H19NO2/c1-3-12(11-7-5-4-6-8-11)13(16)14-10(2)9-15/h4-8,10,12,15H,3,9H2,1-2H3,(H,14,16). The number of hydrogen-bond donors (Lipinski definition) is 2. The van der Waals surface area contributed by atoms with E-state index in [9.17, 15) is 4.79 Å². The van der Waals surface area contributed by atoms with Gasteiger partial charge in [0.25, 0.3) is 0 Å². The van der Waals surface area contributed by atoms with Crippen molar-refractivity contribution in [2.75, 3.05) is 6.61 Å². The van der Waals surface area contributed by atoms with Crippen LogP contribution < -0.4 is 5.32 Å². The van der Waals surface area contributed by atoms with Gasteiger partial charge in [-0.25, -0.2) is 0 Å². The molecule has 88 valence electrons. The zero-order chi connectivity index (χ0) is 12.0. The average Bonchev–Trinajstić information content (AvgIpc) is 2.31. The molecule has 1 amide bonds. The minimum Gasteiger partial charge on any atom is -0.394 e. The van der Waals surface area contributed by atoms with Gasteiger partial charge in [0.1, 0.15) is 0 Å². The van der Waals surface area contributed by atoms with E-state index < -0.39 is 0 Å². The van der Waals surface area contributed by atoms with E-state index >= 15 is 0 Å². The lowest BCUT2D eigenvalue weighted by molar-refractivity contribution is -0.123. The number of benzene rings is 1. The monoisotopic (exact) mass is 221 g/mol. The number of aliphatic hydroxyl groups is 1. The summed E-state index contributed by atoms with van der Waals surface area (Å²) in [4.78, 5) is 11.9. The fraction of sp³-hybridized carbons (Fsp3) is 0.462. The average molecular weight is 221 g/mol. The molecule has 0 bridgehead atoms. The Bertz CT molecular complexity index is 324. The summed E-state index contributed by atoms with van der Waals surface area (Å²) in [5.41, 5.74) is 1.02. The topological polar surface area (TPSA) is 49.3 Å². The summed E-state index contributed by atoms with van der Waals surface area (Å²) in [6.45, 7) is 3.74. The summed E-state index contributed by atoms with van der Waals surface area (Å²) in [7, 11) is 0. The van der Waals surface area contributed by atoms with E-state index in [-0.39, 0.29) is 24.5 Å². The van der Waals surface area contributed by atoms with Gasteiger partial charge in [0.2, 0.25) is 5.91 Å². The zero-order valence-corrected chi connectivity index (χ0v) is 9.81. The second-order valence-electron chi connectivity index (χ2n) is 3.96. The first-order valence-corrected chi connectivity index (χ1v) is 5.65. The van der Waals surface area contributed by atoms with Gasteiger partial charge >= 0.3 is 0 Å². The summed E-state index contributed by atoms with van der Waals surface area (Å²) in [6, 6.07) is 9.52. The van der Waals surface area contributed by atoms with E-state index in [2.05, 4.69) is 5.32 Å². The number of hydrogen-bond acceptors (Lipinski definition) is 2. The largest absolute Gasteiger partial charge is 0.394 e. The summed E-state index contributed by atoms with van der Waals surface area (Å²) in [6.07, 6.45) is 0.758. The van der Waals surface area contributed by atoms with E-state index in [0.29, 0.717) is 0 Å². The summed E-state index contributed by atoms with van der Waals surface area (Å²) < 4.78 is 0. The fourth-order valence-corrected chi connectivity index (χ4v) is 1.65. The highest BCUT2D eigenvalue weighted by molar-refractivity contribution is 5.83. The van der Waals surface area contributed by atoms with Gasteiger partial charge in [-0.05, 0) is 18.9 Å². The Hall–Kier alpha value is -1.35. The van der Waals surface area contributed by atoms with Gasteiger partial charge < -0.3 is 10.4 Å². The van der Waals surface area contributed by atoms with Crippen LogP contribution in [0.4, 0.5) is 0 Å². The van der Waals surface area contributed by atoms with Crippen LogP contribution in [0.3, 0.4) is 0 Å². The van der Waals surface area contributed by atoms with E-state index in [1.165, 1.54) is 0 Å². The van der Waals surface area contributed by atoms with Crippen LogP contribution in [0.2, 0.25) is 0 Å².